The number of hydrogen-bond acceptors (Lipinski definition) is 5. The number of nitrogens with zero attached hydrogens (tertiary/aromatic N) is 5. The highest BCUT2D eigenvalue weighted by atomic mass is 32.1. The van der Waals surface area contributed by atoms with E-state index >= 15 is 0 Å². The third-order valence-corrected chi connectivity index (χ3v) is 7.65. The van der Waals surface area contributed by atoms with Crippen molar-refractivity contribution >= 4 is 50.1 Å². The first kappa shape index (κ1) is 24.5. The van der Waals surface area contributed by atoms with E-state index in [2.05, 4.69) is 13.6 Å². The lowest BCUT2D eigenvalue weighted by molar-refractivity contribution is 0.589. The van der Waals surface area contributed by atoms with Crippen molar-refractivity contribution in [3.8, 4) is 39.6 Å². The van der Waals surface area contributed by atoms with Crippen molar-refractivity contribution in [2.45, 2.75) is 0 Å². The third kappa shape index (κ3) is 3.98. The van der Waals surface area contributed by atoms with E-state index < -0.39 is 11.6 Å². The Balaban J connectivity index is 1.47. The minimum atomic E-state index is -0.794. The van der Waals surface area contributed by atoms with Crippen LogP contribution in [-0.4, -0.2) is 13.7 Å². The fourth-order valence-corrected chi connectivity index (χ4v) is 5.79. The largest absolute Gasteiger partial charge is 0.247 e. The van der Waals surface area contributed by atoms with Crippen LogP contribution >= 0.6 is 11.7 Å². The topological polar surface area (TPSA) is 66.8 Å². The molecule has 7 aromatic rings. The van der Waals surface area contributed by atoms with Crippen molar-refractivity contribution in [1.29, 1.82) is 5.26 Å². The molecule has 0 fully saturated rings. The molecule has 2 aromatic heterocycles. The lowest BCUT2D eigenvalue weighted by atomic mass is 9.93. The zero-order chi connectivity index (χ0) is 28.1. The van der Waals surface area contributed by atoms with E-state index in [1.807, 2.05) is 42.5 Å². The van der Waals surface area contributed by atoms with Gasteiger partial charge in [-0.15, -0.1) is 0 Å². The molecule has 0 aliphatic rings. The van der Waals surface area contributed by atoms with Crippen LogP contribution in [0.2, 0.25) is 0 Å². The van der Waals surface area contributed by atoms with Crippen LogP contribution in [-0.2, 0) is 0 Å². The van der Waals surface area contributed by atoms with Gasteiger partial charge < -0.3 is 0 Å². The van der Waals surface area contributed by atoms with Gasteiger partial charge in [0.25, 0.3) is 0 Å². The van der Waals surface area contributed by atoms with E-state index in [0.29, 0.717) is 11.3 Å². The molecular weight excluding hydrogens is 536 g/mol. The predicted molar refractivity (Wildman–Crippen MR) is 157 cm³/mol. The van der Waals surface area contributed by atoms with Crippen molar-refractivity contribution in [3.63, 3.8) is 0 Å². The summed E-state index contributed by atoms with van der Waals surface area (Å²) >= 11 is 1.12. The molecule has 0 saturated heterocycles. The molecule has 0 spiro atoms. The van der Waals surface area contributed by atoms with Gasteiger partial charge in [-0.05, 0) is 41.0 Å². The van der Waals surface area contributed by atoms with Gasteiger partial charge in [0.2, 0.25) is 0 Å². The quantitative estimate of drug-likeness (QED) is 0.162. The molecule has 5 aromatic carbocycles. The van der Waals surface area contributed by atoms with Gasteiger partial charge in [-0.1, -0.05) is 66.7 Å². The van der Waals surface area contributed by atoms with Crippen molar-refractivity contribution < 1.29 is 8.78 Å². The lowest BCUT2D eigenvalue weighted by Gasteiger charge is -2.13. The molecule has 0 bridgehead atoms. The summed E-state index contributed by atoms with van der Waals surface area (Å²) in [5, 5.41) is 11.8. The number of hydrogen-bond donors (Lipinski definition) is 0. The molecule has 0 radical (unpaired) electrons. The number of fused-ring (bicyclic) bond motifs is 5. The van der Waals surface area contributed by atoms with Gasteiger partial charge in [-0.3, -0.25) is 0 Å². The van der Waals surface area contributed by atoms with Crippen LogP contribution in [0.4, 0.5) is 14.5 Å². The van der Waals surface area contributed by atoms with Gasteiger partial charge >= 0.3 is 0 Å². The minimum absolute atomic E-state index is 0.0735. The van der Waals surface area contributed by atoms with Gasteiger partial charge in [-0.25, -0.2) is 18.6 Å². The Morgan fingerprint density at radius 1 is 0.756 bits per heavy atom. The second kappa shape index (κ2) is 9.56. The number of benzene rings is 5. The van der Waals surface area contributed by atoms with E-state index in [0.717, 1.165) is 79.0 Å². The molecule has 5 nitrogen and oxygen atoms in total. The minimum Gasteiger partial charge on any atom is -0.247 e. The van der Waals surface area contributed by atoms with Gasteiger partial charge in [0.05, 0.1) is 46.7 Å². The van der Waals surface area contributed by atoms with E-state index in [-0.39, 0.29) is 11.1 Å². The van der Waals surface area contributed by atoms with Gasteiger partial charge in [-0.2, -0.15) is 14.0 Å². The van der Waals surface area contributed by atoms with Crippen LogP contribution in [0.1, 0.15) is 5.56 Å². The molecule has 8 heteroatoms. The summed E-state index contributed by atoms with van der Waals surface area (Å²) in [5.74, 6) is -1.59. The predicted octanol–water partition coefficient (Wildman–Crippen LogP) is 9.09. The Labute approximate surface area is 236 Å². The highest BCUT2D eigenvalue weighted by molar-refractivity contribution is 7.00. The fraction of sp³-hybridized carbons (Fsp3) is 0. The number of aromatic nitrogens is 3. The first-order chi connectivity index (χ1) is 20.1. The Morgan fingerprint density at radius 3 is 2.12 bits per heavy atom. The standard InChI is InChI=1S/C33H15F2N5S/c1-37-22-12-10-21(11-13-22)31-25-16-24(32-33(40-41-39-32)30(25)23-4-2-3-5-28(23)38-31)19-6-8-20(9-7-19)29-26(34)14-18(17-36)15-27(29)35/h2-16H. The van der Waals surface area contributed by atoms with Crippen LogP contribution < -0.4 is 0 Å². The Morgan fingerprint density at radius 2 is 1.41 bits per heavy atom. The molecule has 0 atom stereocenters. The molecule has 0 amide bonds. The van der Waals surface area contributed by atoms with Gasteiger partial charge in [0.15, 0.2) is 5.69 Å². The first-order valence-electron chi connectivity index (χ1n) is 12.5. The highest BCUT2D eigenvalue weighted by Crippen LogP contribution is 2.41. The summed E-state index contributed by atoms with van der Waals surface area (Å²) in [4.78, 5) is 8.52. The lowest BCUT2D eigenvalue weighted by Crippen LogP contribution is -1.94. The molecule has 0 aliphatic heterocycles. The second-order valence-corrected chi connectivity index (χ2v) is 9.98. The smallest absolute Gasteiger partial charge is 0.187 e. The average molecular weight is 552 g/mol. The number of nitriles is 1. The number of pyridine rings is 1. The van der Waals surface area contributed by atoms with Crippen molar-refractivity contribution in [3.05, 3.63) is 120 Å². The molecule has 192 valence electrons. The monoisotopic (exact) mass is 551 g/mol. The van der Waals surface area contributed by atoms with Crippen molar-refractivity contribution in [2.75, 3.05) is 0 Å². The van der Waals surface area contributed by atoms with E-state index in [1.54, 1.807) is 42.5 Å². The Hall–Kier alpha value is -5.57. The summed E-state index contributed by atoms with van der Waals surface area (Å²) in [6.45, 7) is 7.31. The molecule has 0 aliphatic carbocycles. The van der Waals surface area contributed by atoms with Gasteiger partial charge in [0.1, 0.15) is 22.7 Å². The zero-order valence-electron chi connectivity index (χ0n) is 21.1. The van der Waals surface area contributed by atoms with Gasteiger partial charge in [0, 0.05) is 21.7 Å². The van der Waals surface area contributed by atoms with Crippen LogP contribution in [0.15, 0.2) is 91.0 Å². The average Bonchev–Trinajstić information content (AvgIpc) is 3.50. The maximum Gasteiger partial charge on any atom is 0.187 e. The summed E-state index contributed by atoms with van der Waals surface area (Å²) in [5.41, 5.74) is 6.15. The molecule has 41 heavy (non-hydrogen) atoms. The molecule has 0 unspecified atom stereocenters. The SMILES string of the molecule is [C-]#[N+]c1ccc(-c2nc3ccccc3c3c2cc(-c2ccc(-c4c(F)cc(C#N)cc4F)cc2)c2nsnc23)cc1. The molecule has 0 N–H and O–H groups in total. The highest BCUT2D eigenvalue weighted by Gasteiger charge is 2.20. The van der Waals surface area contributed by atoms with E-state index in [4.69, 9.17) is 16.8 Å². The Kier molecular flexibility index (Phi) is 5.71. The van der Waals surface area contributed by atoms with Crippen LogP contribution in [0, 0.1) is 29.5 Å². The van der Waals surface area contributed by atoms with Crippen molar-refractivity contribution in [2.24, 2.45) is 0 Å². The van der Waals surface area contributed by atoms with Crippen molar-refractivity contribution in [1.82, 2.24) is 13.7 Å². The summed E-state index contributed by atoms with van der Waals surface area (Å²) in [6.07, 6.45) is 0. The zero-order valence-corrected chi connectivity index (χ0v) is 21.9. The van der Waals surface area contributed by atoms with Crippen LogP contribution in [0.25, 0.3) is 71.1 Å². The maximum atomic E-state index is 14.7. The fourth-order valence-electron chi connectivity index (χ4n) is 5.23. The number of para-hydroxylation sites is 1. The maximum absolute atomic E-state index is 14.7. The van der Waals surface area contributed by atoms with E-state index in [1.165, 1.54) is 0 Å². The molecule has 2 heterocycles. The molecule has 7 rings (SSSR count). The number of halogens is 2. The Bertz CT molecular complexity index is 2220. The summed E-state index contributed by atoms with van der Waals surface area (Å²) in [6, 6.07) is 28.0. The van der Waals surface area contributed by atoms with E-state index in [9.17, 15) is 8.78 Å². The van der Waals surface area contributed by atoms with Crippen LogP contribution in [0.3, 0.4) is 0 Å². The summed E-state index contributed by atoms with van der Waals surface area (Å²) < 4.78 is 38.7. The normalized spacial score (nSPS) is 11.1. The van der Waals surface area contributed by atoms with Crippen LogP contribution in [0.5, 0.6) is 0 Å². The number of rotatable bonds is 3. The molecular formula is C33H15F2N5S. The summed E-state index contributed by atoms with van der Waals surface area (Å²) in [7, 11) is 0. The third-order valence-electron chi connectivity index (χ3n) is 7.12. The first-order valence-corrected chi connectivity index (χ1v) is 13.2. The second-order valence-electron chi connectivity index (χ2n) is 9.45. The molecule has 0 saturated carbocycles.